The van der Waals surface area contributed by atoms with E-state index in [1.165, 1.54) is 6.08 Å². The molecule has 2 aliphatic carbocycles. The minimum Gasteiger partial charge on any atom is -0.392 e. The first-order valence-electron chi connectivity index (χ1n) is 5.96. The van der Waals surface area contributed by atoms with Gasteiger partial charge in [-0.1, -0.05) is 25.7 Å². The maximum atomic E-state index is 12.0. The van der Waals surface area contributed by atoms with E-state index in [1.54, 1.807) is 12.2 Å². The van der Waals surface area contributed by atoms with Crippen molar-refractivity contribution in [1.82, 2.24) is 0 Å². The quantitative estimate of drug-likeness (QED) is 0.623. The molecule has 0 amide bonds. The van der Waals surface area contributed by atoms with Crippen molar-refractivity contribution < 1.29 is 20.1 Å². The van der Waals surface area contributed by atoms with E-state index in [0.717, 1.165) is 5.57 Å². The summed E-state index contributed by atoms with van der Waals surface area (Å²) in [7, 11) is 0. The number of aliphatic hydroxyl groups excluding tert-OH is 2. The summed E-state index contributed by atoms with van der Waals surface area (Å²) in [4.78, 5) is 12.0. The molecule has 0 aromatic heterocycles. The van der Waals surface area contributed by atoms with Crippen LogP contribution in [0.3, 0.4) is 0 Å². The Morgan fingerprint density at radius 1 is 1.61 bits per heavy atom. The van der Waals surface area contributed by atoms with Gasteiger partial charge in [-0.25, -0.2) is 0 Å². The highest BCUT2D eigenvalue weighted by atomic mass is 16.3. The van der Waals surface area contributed by atoms with Crippen molar-refractivity contribution >= 4 is 5.78 Å². The van der Waals surface area contributed by atoms with Gasteiger partial charge in [0.2, 0.25) is 0 Å². The zero-order valence-electron chi connectivity index (χ0n) is 10.4. The van der Waals surface area contributed by atoms with Crippen molar-refractivity contribution in [1.29, 1.82) is 0 Å². The van der Waals surface area contributed by atoms with E-state index in [9.17, 15) is 15.0 Å². The summed E-state index contributed by atoms with van der Waals surface area (Å²) in [5, 5.41) is 29.2. The molecular formula is C14H18O4. The topological polar surface area (TPSA) is 77.8 Å². The third kappa shape index (κ3) is 1.86. The van der Waals surface area contributed by atoms with Crippen LogP contribution in [0.4, 0.5) is 0 Å². The number of hydrogen-bond donors (Lipinski definition) is 3. The van der Waals surface area contributed by atoms with Crippen LogP contribution in [0.15, 0.2) is 36.0 Å². The average molecular weight is 250 g/mol. The smallest absolute Gasteiger partial charge is 0.191 e. The minimum absolute atomic E-state index is 0.105. The summed E-state index contributed by atoms with van der Waals surface area (Å²) >= 11 is 0. The fourth-order valence-corrected chi connectivity index (χ4v) is 2.80. The fraction of sp³-hybridized carbons (Fsp3) is 0.500. The monoisotopic (exact) mass is 250 g/mol. The summed E-state index contributed by atoms with van der Waals surface area (Å²) in [5.74, 6) is -0.449. The second-order valence-corrected chi connectivity index (χ2v) is 5.45. The van der Waals surface area contributed by atoms with Gasteiger partial charge in [0, 0.05) is 0 Å². The van der Waals surface area contributed by atoms with Crippen LogP contribution < -0.4 is 0 Å². The summed E-state index contributed by atoms with van der Waals surface area (Å²) in [5.41, 5.74) is -1.28. The molecule has 0 saturated carbocycles. The maximum Gasteiger partial charge on any atom is 0.191 e. The van der Waals surface area contributed by atoms with E-state index in [1.807, 2.05) is 6.92 Å². The van der Waals surface area contributed by atoms with E-state index >= 15 is 0 Å². The Kier molecular flexibility index (Phi) is 3.05. The molecule has 0 saturated heterocycles. The standard InChI is InChI=1S/C14H18O4/c1-9(7-15)14(18)8-13(2)6-11(16)4-3-10(13)5-12(14)17/h3-5,11,15-16,18H,1,6-8H2,2H3/t11-,13-,14+/m0/s1. The molecular weight excluding hydrogens is 232 g/mol. The number of allylic oxidation sites excluding steroid dienone is 2. The first-order valence-corrected chi connectivity index (χ1v) is 5.96. The Balaban J connectivity index is 2.45. The largest absolute Gasteiger partial charge is 0.392 e. The molecule has 98 valence electrons. The molecule has 0 radical (unpaired) electrons. The van der Waals surface area contributed by atoms with Crippen molar-refractivity contribution in [3.8, 4) is 0 Å². The number of ketones is 1. The van der Waals surface area contributed by atoms with Gasteiger partial charge in [0.05, 0.1) is 12.7 Å². The van der Waals surface area contributed by atoms with Crippen LogP contribution in [0.2, 0.25) is 0 Å². The number of carbonyl (C=O) groups excluding carboxylic acids is 1. The van der Waals surface area contributed by atoms with Crippen LogP contribution in [-0.2, 0) is 4.79 Å². The second kappa shape index (κ2) is 4.16. The molecule has 0 aromatic carbocycles. The van der Waals surface area contributed by atoms with Gasteiger partial charge in [0.1, 0.15) is 0 Å². The lowest BCUT2D eigenvalue weighted by molar-refractivity contribution is -0.133. The Labute approximate surface area is 106 Å². The van der Waals surface area contributed by atoms with Crippen molar-refractivity contribution in [3.05, 3.63) is 36.0 Å². The molecule has 18 heavy (non-hydrogen) atoms. The van der Waals surface area contributed by atoms with Crippen LogP contribution in [0, 0.1) is 5.41 Å². The fourth-order valence-electron chi connectivity index (χ4n) is 2.80. The summed E-state index contributed by atoms with van der Waals surface area (Å²) in [6.45, 7) is 5.04. The number of carbonyl (C=O) groups is 1. The van der Waals surface area contributed by atoms with Gasteiger partial charge in [0.25, 0.3) is 0 Å². The lowest BCUT2D eigenvalue weighted by Gasteiger charge is -2.44. The Morgan fingerprint density at radius 2 is 2.28 bits per heavy atom. The number of fused-ring (bicyclic) bond motifs is 1. The Hall–Kier alpha value is -1.23. The van der Waals surface area contributed by atoms with Crippen LogP contribution in [0.5, 0.6) is 0 Å². The predicted octanol–water partition coefficient (Wildman–Crippen LogP) is 0.492. The van der Waals surface area contributed by atoms with Crippen LogP contribution in [0.1, 0.15) is 19.8 Å². The molecule has 4 heteroatoms. The third-order valence-electron chi connectivity index (χ3n) is 3.97. The van der Waals surface area contributed by atoms with E-state index in [4.69, 9.17) is 5.11 Å². The summed E-state index contributed by atoms with van der Waals surface area (Å²) < 4.78 is 0. The predicted molar refractivity (Wildman–Crippen MR) is 66.8 cm³/mol. The van der Waals surface area contributed by atoms with Gasteiger partial charge in [-0.3, -0.25) is 4.79 Å². The molecule has 2 aliphatic rings. The number of rotatable bonds is 2. The zero-order chi connectivity index (χ0) is 13.6. The van der Waals surface area contributed by atoms with Crippen molar-refractivity contribution in [2.75, 3.05) is 6.61 Å². The van der Waals surface area contributed by atoms with Gasteiger partial charge in [-0.2, -0.15) is 0 Å². The van der Waals surface area contributed by atoms with E-state index in [-0.39, 0.29) is 12.0 Å². The molecule has 3 N–H and O–H groups in total. The molecule has 0 unspecified atom stereocenters. The van der Waals surface area contributed by atoms with Crippen molar-refractivity contribution in [3.63, 3.8) is 0 Å². The molecule has 0 spiro atoms. The first-order chi connectivity index (χ1) is 8.32. The summed E-state index contributed by atoms with van der Waals surface area (Å²) in [6.07, 6.45) is 4.79. The van der Waals surface area contributed by atoms with Gasteiger partial charge in [0.15, 0.2) is 11.4 Å². The Morgan fingerprint density at radius 3 is 2.89 bits per heavy atom. The summed E-state index contributed by atoms with van der Waals surface area (Å²) in [6, 6.07) is 0. The second-order valence-electron chi connectivity index (χ2n) is 5.45. The van der Waals surface area contributed by atoms with E-state index < -0.39 is 29.5 Å². The number of aliphatic hydroxyl groups is 3. The SMILES string of the molecule is C=C(CO)[C@]1(O)C[C@]2(C)C[C@@H](O)C=CC2=CC1=O. The number of hydrogen-bond acceptors (Lipinski definition) is 4. The Bertz CT molecular complexity index is 462. The molecule has 2 rings (SSSR count). The van der Waals surface area contributed by atoms with E-state index in [2.05, 4.69) is 6.58 Å². The van der Waals surface area contributed by atoms with Gasteiger partial charge >= 0.3 is 0 Å². The highest BCUT2D eigenvalue weighted by molar-refractivity contribution is 6.01. The van der Waals surface area contributed by atoms with Crippen LogP contribution in [0.25, 0.3) is 0 Å². The van der Waals surface area contributed by atoms with Gasteiger partial charge < -0.3 is 15.3 Å². The third-order valence-corrected chi connectivity index (χ3v) is 3.97. The maximum absolute atomic E-state index is 12.0. The van der Waals surface area contributed by atoms with E-state index in [0.29, 0.717) is 6.42 Å². The zero-order valence-corrected chi connectivity index (χ0v) is 10.4. The molecule has 3 atom stereocenters. The first kappa shape index (κ1) is 13.2. The molecule has 0 heterocycles. The highest BCUT2D eigenvalue weighted by Gasteiger charge is 2.49. The molecule has 0 fully saturated rings. The van der Waals surface area contributed by atoms with Crippen LogP contribution >= 0.6 is 0 Å². The molecule has 0 aliphatic heterocycles. The average Bonchev–Trinajstić information content (AvgIpc) is 2.29. The van der Waals surface area contributed by atoms with Gasteiger partial charge in [-0.05, 0) is 35.5 Å². The van der Waals surface area contributed by atoms with Crippen molar-refractivity contribution in [2.45, 2.75) is 31.5 Å². The molecule has 4 nitrogen and oxygen atoms in total. The van der Waals surface area contributed by atoms with Crippen molar-refractivity contribution in [2.24, 2.45) is 5.41 Å². The normalized spacial score (nSPS) is 39.2. The van der Waals surface area contributed by atoms with Crippen LogP contribution in [-0.4, -0.2) is 39.4 Å². The lowest BCUT2D eigenvalue weighted by Crippen LogP contribution is -2.50. The minimum atomic E-state index is -1.72. The lowest BCUT2D eigenvalue weighted by atomic mass is 9.61. The molecule has 0 aromatic rings. The van der Waals surface area contributed by atoms with Gasteiger partial charge in [-0.15, -0.1) is 0 Å². The molecule has 0 bridgehead atoms. The highest BCUT2D eigenvalue weighted by Crippen LogP contribution is 2.48.